The Morgan fingerprint density at radius 2 is 1.81 bits per heavy atom. The smallest absolute Gasteiger partial charge is 0.232 e. The molecule has 2 aromatic carbocycles. The Bertz CT molecular complexity index is 1080. The Morgan fingerprint density at radius 1 is 1.04 bits per heavy atom. The summed E-state index contributed by atoms with van der Waals surface area (Å²) in [6, 6.07) is 23.6. The van der Waals surface area contributed by atoms with E-state index in [4.69, 9.17) is 9.15 Å². The summed E-state index contributed by atoms with van der Waals surface area (Å²) in [5.41, 5.74) is 3.58. The molecule has 4 nitrogen and oxygen atoms in total. The summed E-state index contributed by atoms with van der Waals surface area (Å²) < 4.78 is 11.6. The number of benzene rings is 2. The highest BCUT2D eigenvalue weighted by atomic mass is 16.5. The molecular formula is C22H16N2O2. The SMILES string of the molecule is CCOc1nc(-c2cc3ccccc3o2)cc(-c2ccccc2)c1C#N. The van der Waals surface area contributed by atoms with Gasteiger partial charge in [-0.05, 0) is 30.7 Å². The van der Waals surface area contributed by atoms with Crippen molar-refractivity contribution in [3.05, 3.63) is 72.3 Å². The van der Waals surface area contributed by atoms with E-state index in [1.165, 1.54) is 0 Å². The Morgan fingerprint density at radius 3 is 2.54 bits per heavy atom. The minimum Gasteiger partial charge on any atom is -0.477 e. The lowest BCUT2D eigenvalue weighted by atomic mass is 10.00. The van der Waals surface area contributed by atoms with Crippen molar-refractivity contribution in [2.24, 2.45) is 0 Å². The molecule has 0 fully saturated rings. The number of fused-ring (bicyclic) bond motifs is 1. The average molecular weight is 340 g/mol. The fraction of sp³-hybridized carbons (Fsp3) is 0.0909. The van der Waals surface area contributed by atoms with E-state index >= 15 is 0 Å². The Hall–Kier alpha value is -3.58. The second-order valence-corrected chi connectivity index (χ2v) is 5.79. The molecule has 0 atom stereocenters. The molecule has 0 aliphatic rings. The number of hydrogen-bond donors (Lipinski definition) is 0. The first-order valence-corrected chi connectivity index (χ1v) is 8.42. The van der Waals surface area contributed by atoms with E-state index in [0.29, 0.717) is 29.5 Å². The van der Waals surface area contributed by atoms with Crippen LogP contribution in [0.3, 0.4) is 0 Å². The summed E-state index contributed by atoms with van der Waals surface area (Å²) in [5, 5.41) is 10.7. The summed E-state index contributed by atoms with van der Waals surface area (Å²) in [7, 11) is 0. The second kappa shape index (κ2) is 6.73. The van der Waals surface area contributed by atoms with Gasteiger partial charge in [-0.2, -0.15) is 5.26 Å². The van der Waals surface area contributed by atoms with Crippen molar-refractivity contribution in [2.45, 2.75) is 6.92 Å². The number of nitrogens with zero attached hydrogens (tertiary/aromatic N) is 2. The van der Waals surface area contributed by atoms with Crippen molar-refractivity contribution < 1.29 is 9.15 Å². The van der Waals surface area contributed by atoms with Crippen LogP contribution in [-0.2, 0) is 0 Å². The van der Waals surface area contributed by atoms with E-state index in [1.807, 2.05) is 73.7 Å². The standard InChI is InChI=1S/C22H16N2O2/c1-2-25-22-18(14-23)17(15-8-4-3-5-9-15)13-19(24-22)21-12-16-10-6-7-11-20(16)26-21/h3-13H,2H2,1H3. The van der Waals surface area contributed by atoms with Gasteiger partial charge < -0.3 is 9.15 Å². The molecule has 0 saturated heterocycles. The van der Waals surface area contributed by atoms with Gasteiger partial charge in [0.15, 0.2) is 5.76 Å². The monoisotopic (exact) mass is 340 g/mol. The molecular weight excluding hydrogens is 324 g/mol. The van der Waals surface area contributed by atoms with Crippen LogP contribution in [0, 0.1) is 11.3 Å². The molecule has 26 heavy (non-hydrogen) atoms. The third-order valence-corrected chi connectivity index (χ3v) is 4.14. The van der Waals surface area contributed by atoms with Gasteiger partial charge in [0.2, 0.25) is 5.88 Å². The Labute approximate surface area is 151 Å². The van der Waals surface area contributed by atoms with Gasteiger partial charge in [-0.15, -0.1) is 0 Å². The van der Waals surface area contributed by atoms with Gasteiger partial charge in [-0.3, -0.25) is 0 Å². The predicted molar refractivity (Wildman–Crippen MR) is 101 cm³/mol. The van der Waals surface area contributed by atoms with Crippen molar-refractivity contribution in [1.82, 2.24) is 4.98 Å². The van der Waals surface area contributed by atoms with Crippen LogP contribution in [0.25, 0.3) is 33.6 Å². The number of para-hydroxylation sites is 1. The largest absolute Gasteiger partial charge is 0.477 e. The van der Waals surface area contributed by atoms with Crippen molar-refractivity contribution in [3.8, 4) is 34.5 Å². The number of pyridine rings is 1. The first-order chi connectivity index (χ1) is 12.8. The van der Waals surface area contributed by atoms with Crippen LogP contribution in [-0.4, -0.2) is 11.6 Å². The maximum absolute atomic E-state index is 9.67. The number of aromatic nitrogens is 1. The molecule has 4 heteroatoms. The van der Waals surface area contributed by atoms with Gasteiger partial charge in [0.25, 0.3) is 0 Å². The lowest BCUT2D eigenvalue weighted by molar-refractivity contribution is 0.326. The fourth-order valence-corrected chi connectivity index (χ4v) is 2.95. The average Bonchev–Trinajstić information content (AvgIpc) is 3.12. The minimum absolute atomic E-state index is 0.326. The van der Waals surface area contributed by atoms with E-state index in [2.05, 4.69) is 11.1 Å². The highest BCUT2D eigenvalue weighted by Crippen LogP contribution is 2.35. The van der Waals surface area contributed by atoms with Crippen molar-refractivity contribution >= 4 is 11.0 Å². The Balaban J connectivity index is 1.95. The summed E-state index contributed by atoms with van der Waals surface area (Å²) in [6.07, 6.45) is 0. The number of furan rings is 1. The Kier molecular flexibility index (Phi) is 4.12. The van der Waals surface area contributed by atoms with Crippen LogP contribution in [0.5, 0.6) is 5.88 Å². The molecule has 0 spiro atoms. The topological polar surface area (TPSA) is 59.1 Å². The first-order valence-electron chi connectivity index (χ1n) is 8.42. The zero-order valence-electron chi connectivity index (χ0n) is 14.3. The fourth-order valence-electron chi connectivity index (χ4n) is 2.95. The van der Waals surface area contributed by atoms with Gasteiger partial charge in [-0.25, -0.2) is 4.98 Å². The van der Waals surface area contributed by atoms with Crippen LogP contribution in [0.2, 0.25) is 0 Å². The van der Waals surface area contributed by atoms with Crippen LogP contribution in [0.15, 0.2) is 71.1 Å². The zero-order valence-corrected chi connectivity index (χ0v) is 14.3. The van der Waals surface area contributed by atoms with Gasteiger partial charge in [0.05, 0.1) is 6.61 Å². The van der Waals surface area contributed by atoms with Crippen LogP contribution in [0.4, 0.5) is 0 Å². The predicted octanol–water partition coefficient (Wildman–Crippen LogP) is 5.43. The van der Waals surface area contributed by atoms with Crippen LogP contribution < -0.4 is 4.74 Å². The van der Waals surface area contributed by atoms with E-state index in [-0.39, 0.29) is 0 Å². The normalized spacial score (nSPS) is 10.6. The molecule has 0 amide bonds. The van der Waals surface area contributed by atoms with Crippen LogP contribution in [0.1, 0.15) is 12.5 Å². The first kappa shape index (κ1) is 15.9. The van der Waals surface area contributed by atoms with E-state index in [9.17, 15) is 5.26 Å². The second-order valence-electron chi connectivity index (χ2n) is 5.79. The van der Waals surface area contributed by atoms with E-state index in [0.717, 1.165) is 22.1 Å². The summed E-state index contributed by atoms with van der Waals surface area (Å²) in [5.74, 6) is 0.973. The highest BCUT2D eigenvalue weighted by Gasteiger charge is 2.18. The molecule has 0 N–H and O–H groups in total. The van der Waals surface area contributed by atoms with Crippen molar-refractivity contribution in [1.29, 1.82) is 5.26 Å². The number of nitriles is 1. The summed E-state index contributed by atoms with van der Waals surface area (Å²) in [4.78, 5) is 4.55. The van der Waals surface area contributed by atoms with Gasteiger partial charge in [0.1, 0.15) is 22.9 Å². The van der Waals surface area contributed by atoms with Gasteiger partial charge >= 0.3 is 0 Å². The number of hydrogen-bond acceptors (Lipinski definition) is 4. The summed E-state index contributed by atoms with van der Waals surface area (Å²) >= 11 is 0. The molecule has 0 aliphatic heterocycles. The number of rotatable bonds is 4. The minimum atomic E-state index is 0.326. The summed E-state index contributed by atoms with van der Waals surface area (Å²) in [6.45, 7) is 2.30. The zero-order chi connectivity index (χ0) is 17.9. The molecule has 0 saturated carbocycles. The maximum atomic E-state index is 9.67. The lowest BCUT2D eigenvalue weighted by Gasteiger charge is -2.11. The molecule has 4 rings (SSSR count). The molecule has 4 aromatic rings. The molecule has 0 unspecified atom stereocenters. The maximum Gasteiger partial charge on any atom is 0.232 e. The molecule has 126 valence electrons. The third-order valence-electron chi connectivity index (χ3n) is 4.14. The molecule has 0 aliphatic carbocycles. The molecule has 0 bridgehead atoms. The van der Waals surface area contributed by atoms with E-state index in [1.54, 1.807) is 0 Å². The third kappa shape index (κ3) is 2.80. The number of ether oxygens (including phenoxy) is 1. The van der Waals surface area contributed by atoms with Gasteiger partial charge in [0, 0.05) is 10.9 Å². The highest BCUT2D eigenvalue weighted by molar-refractivity contribution is 5.84. The van der Waals surface area contributed by atoms with Crippen molar-refractivity contribution in [3.63, 3.8) is 0 Å². The molecule has 2 aromatic heterocycles. The van der Waals surface area contributed by atoms with Gasteiger partial charge in [-0.1, -0.05) is 48.5 Å². The van der Waals surface area contributed by atoms with Crippen LogP contribution >= 0.6 is 0 Å². The van der Waals surface area contributed by atoms with Crippen molar-refractivity contribution in [2.75, 3.05) is 6.61 Å². The quantitative estimate of drug-likeness (QED) is 0.497. The molecule has 0 radical (unpaired) electrons. The lowest BCUT2D eigenvalue weighted by Crippen LogP contribution is -2.00. The molecule has 2 heterocycles. The van der Waals surface area contributed by atoms with E-state index < -0.39 is 0 Å².